The van der Waals surface area contributed by atoms with Gasteiger partial charge in [0.05, 0.1) is 96.2 Å². The van der Waals surface area contributed by atoms with Crippen LogP contribution in [0.5, 0.6) is 0 Å². The molecule has 0 fully saturated rings. The number of nitrogens with zero attached hydrogens (tertiary/aromatic N) is 8. The van der Waals surface area contributed by atoms with Crippen molar-refractivity contribution in [1.82, 2.24) is 38.2 Å². The minimum absolute atomic E-state index is 0.462. The summed E-state index contributed by atoms with van der Waals surface area (Å²) >= 11 is 0. The highest BCUT2D eigenvalue weighted by molar-refractivity contribution is 6.15. The molecule has 0 radical (unpaired) electrons. The number of fused-ring (bicyclic) bond motifs is 12. The molecule has 0 bridgehead atoms. The number of benzene rings is 11. The maximum Gasteiger partial charge on any atom is 0.164 e. The standard InChI is InChI=1S/C88H58N8/c1-2-16-47-79-61(39-15-1)68-46-23-30-54-80(68)96(79)86-84(94-75-50-26-19-42-64(75)65-43-20-27-51-76(65)94)81(87-89-69(57-31-7-3-8-32-57)55-70(90-87)58-33-9-4-10-34-58)83(93-73-48-24-17-40-62(73)63-41-18-25-49-74(63)93)82(85(86)95-77-52-28-21-44-66(77)67-45-22-29-53-78(67)95)88-91-71(59-35-11-5-12-36-59)56-72(92-88)60-37-13-6-14-38-60/h3-15,17-28,30-46,48-52,54-56H,1,29,47,53H2/b39-15-. The lowest BCUT2D eigenvalue weighted by Gasteiger charge is -2.31. The largest absolute Gasteiger partial charge is 0.310 e. The zero-order valence-corrected chi connectivity index (χ0v) is 52.3. The molecule has 0 atom stereocenters. The summed E-state index contributed by atoms with van der Waals surface area (Å²) < 4.78 is 10.2. The molecule has 11 aromatic carbocycles. The first kappa shape index (κ1) is 55.0. The molecule has 8 heteroatoms. The van der Waals surface area contributed by atoms with Crippen LogP contribution in [-0.2, 0) is 12.8 Å². The Kier molecular flexibility index (Phi) is 12.9. The van der Waals surface area contributed by atoms with Crippen LogP contribution >= 0.6 is 0 Å². The van der Waals surface area contributed by atoms with Crippen molar-refractivity contribution in [3.63, 3.8) is 0 Å². The molecule has 8 nitrogen and oxygen atoms in total. The van der Waals surface area contributed by atoms with E-state index in [2.05, 4.69) is 333 Å². The smallest absolute Gasteiger partial charge is 0.164 e. The molecule has 0 saturated carbocycles. The Morgan fingerprint density at radius 3 is 1.02 bits per heavy atom. The van der Waals surface area contributed by atoms with Crippen molar-refractivity contribution >= 4 is 77.6 Å². The Hall–Kier alpha value is -12.7. The first-order chi connectivity index (χ1) is 47.7. The summed E-state index contributed by atoms with van der Waals surface area (Å²) in [5.74, 6) is 8.33. The van der Waals surface area contributed by atoms with E-state index in [4.69, 9.17) is 19.9 Å². The predicted octanol–water partition coefficient (Wildman–Crippen LogP) is 21.3. The molecular formula is C88H58N8. The van der Waals surface area contributed by atoms with Gasteiger partial charge in [-0.3, -0.25) is 0 Å². The summed E-state index contributed by atoms with van der Waals surface area (Å²) in [6.07, 6.45) is 11.9. The molecule has 17 aromatic rings. The highest BCUT2D eigenvalue weighted by Crippen LogP contribution is 2.54. The van der Waals surface area contributed by atoms with Gasteiger partial charge in [0.25, 0.3) is 0 Å². The van der Waals surface area contributed by atoms with E-state index in [1.807, 2.05) is 0 Å². The van der Waals surface area contributed by atoms with Gasteiger partial charge in [-0.1, -0.05) is 267 Å². The molecule has 450 valence electrons. The number of hydrogen-bond donors (Lipinski definition) is 0. The Balaban J connectivity index is 1.18. The van der Waals surface area contributed by atoms with Gasteiger partial charge in [0.15, 0.2) is 11.6 Å². The maximum atomic E-state index is 6.11. The molecule has 96 heavy (non-hydrogen) atoms. The van der Waals surface area contributed by atoms with Gasteiger partial charge >= 0.3 is 0 Å². The van der Waals surface area contributed by atoms with Crippen LogP contribution in [0.1, 0.15) is 35.4 Å². The summed E-state index contributed by atoms with van der Waals surface area (Å²) in [5, 5.41) is 6.68. The Morgan fingerprint density at radius 2 is 0.604 bits per heavy atom. The quantitative estimate of drug-likeness (QED) is 0.128. The van der Waals surface area contributed by atoms with Crippen molar-refractivity contribution in [2.24, 2.45) is 0 Å². The van der Waals surface area contributed by atoms with Crippen LogP contribution in [-0.4, -0.2) is 38.2 Å². The zero-order valence-electron chi connectivity index (χ0n) is 52.3. The van der Waals surface area contributed by atoms with Crippen LogP contribution in [0.3, 0.4) is 0 Å². The second kappa shape index (κ2) is 22.6. The molecule has 0 spiro atoms. The fourth-order valence-corrected chi connectivity index (χ4v) is 15.3. The van der Waals surface area contributed by atoms with E-state index in [1.165, 1.54) is 11.3 Å². The molecule has 19 rings (SSSR count). The lowest BCUT2D eigenvalue weighted by atomic mass is 9.94. The fourth-order valence-electron chi connectivity index (χ4n) is 15.3. The first-order valence-electron chi connectivity index (χ1n) is 33.0. The highest BCUT2D eigenvalue weighted by Gasteiger charge is 2.39. The van der Waals surface area contributed by atoms with Crippen LogP contribution in [0.2, 0.25) is 0 Å². The summed E-state index contributed by atoms with van der Waals surface area (Å²) in [6.45, 7) is 0. The molecule has 0 saturated heterocycles. The lowest BCUT2D eigenvalue weighted by Crippen LogP contribution is -2.19. The summed E-state index contributed by atoms with van der Waals surface area (Å²) in [6, 6.07) is 100. The van der Waals surface area contributed by atoms with Crippen molar-refractivity contribution in [3.05, 3.63) is 314 Å². The molecule has 0 amide bonds. The number of rotatable bonds is 10. The Morgan fingerprint density at radius 1 is 0.281 bits per heavy atom. The average molecular weight is 1230 g/mol. The summed E-state index contributed by atoms with van der Waals surface area (Å²) in [7, 11) is 0. The molecular weight excluding hydrogens is 1170 g/mol. The van der Waals surface area contributed by atoms with Crippen molar-refractivity contribution in [1.29, 1.82) is 0 Å². The SMILES string of the molecule is C1#CCc2c(c3ccccc3n2-c2c(-n3c4c(c5ccccc53)C=CCC4)c(-c3nc(-c4ccccc4)cc(-c4ccccc4)n3)c(-n3c4ccccc4c4ccccc43)c(-c3nc(-c4ccccc4)cc(-c4ccccc4)n3)c2-n2c3ccccc3c3ccccc32)/C=C\C1. The van der Waals surface area contributed by atoms with Crippen molar-refractivity contribution in [2.75, 3.05) is 0 Å². The minimum atomic E-state index is 0.462. The van der Waals surface area contributed by atoms with Crippen molar-refractivity contribution in [3.8, 4) is 102 Å². The topological polar surface area (TPSA) is 71.3 Å². The average Bonchev–Trinajstić information content (AvgIpc) is 1.41. The maximum absolute atomic E-state index is 6.11. The number of hydrogen-bond acceptors (Lipinski definition) is 4. The monoisotopic (exact) mass is 1230 g/mol. The third-order valence-corrected chi connectivity index (χ3v) is 19.4. The second-order valence-corrected chi connectivity index (χ2v) is 24.8. The molecule has 2 aliphatic carbocycles. The van der Waals surface area contributed by atoms with Gasteiger partial charge in [0, 0.05) is 83.5 Å². The third-order valence-electron chi connectivity index (χ3n) is 19.4. The molecule has 6 aromatic heterocycles. The van der Waals surface area contributed by atoms with Crippen LogP contribution in [0.25, 0.3) is 168 Å². The van der Waals surface area contributed by atoms with Crippen molar-refractivity contribution in [2.45, 2.75) is 25.7 Å². The normalized spacial score (nSPS) is 13.1. The highest BCUT2D eigenvalue weighted by atomic mass is 15.1. The van der Waals surface area contributed by atoms with E-state index in [0.29, 0.717) is 24.5 Å². The molecule has 6 heterocycles. The van der Waals surface area contributed by atoms with E-state index in [1.54, 1.807) is 0 Å². The lowest BCUT2D eigenvalue weighted by molar-refractivity contribution is 0.873. The zero-order chi connectivity index (χ0) is 63.2. The van der Waals surface area contributed by atoms with Crippen LogP contribution in [0.15, 0.2) is 291 Å². The van der Waals surface area contributed by atoms with Gasteiger partial charge in [-0.25, -0.2) is 19.9 Å². The van der Waals surface area contributed by atoms with E-state index >= 15 is 0 Å². The van der Waals surface area contributed by atoms with Gasteiger partial charge in [0.2, 0.25) is 0 Å². The number of para-hydroxylation sites is 6. The Bertz CT molecular complexity index is 5910. The van der Waals surface area contributed by atoms with Crippen molar-refractivity contribution < 1.29 is 0 Å². The van der Waals surface area contributed by atoms with E-state index in [9.17, 15) is 0 Å². The van der Waals surface area contributed by atoms with E-state index in [-0.39, 0.29) is 0 Å². The fraction of sp³-hybridized carbons (Fsp3) is 0.0455. The molecule has 0 aliphatic heterocycles. The molecule has 2 aliphatic rings. The summed E-state index contributed by atoms with van der Waals surface area (Å²) in [5.41, 5.74) is 22.7. The predicted molar refractivity (Wildman–Crippen MR) is 395 cm³/mol. The first-order valence-corrected chi connectivity index (χ1v) is 33.0. The van der Waals surface area contributed by atoms with Gasteiger partial charge in [-0.05, 0) is 61.4 Å². The Labute approximate surface area is 554 Å². The number of aromatic nitrogens is 8. The van der Waals surface area contributed by atoms with E-state index in [0.717, 1.165) is 168 Å². The minimum Gasteiger partial charge on any atom is -0.310 e. The molecule has 0 N–H and O–H groups in total. The summed E-state index contributed by atoms with van der Waals surface area (Å²) in [4.78, 5) is 24.4. The van der Waals surface area contributed by atoms with Crippen LogP contribution in [0, 0.1) is 11.8 Å². The van der Waals surface area contributed by atoms with E-state index < -0.39 is 0 Å². The second-order valence-electron chi connectivity index (χ2n) is 24.8. The van der Waals surface area contributed by atoms with Gasteiger partial charge in [-0.2, -0.15) is 0 Å². The molecule has 0 unspecified atom stereocenters. The van der Waals surface area contributed by atoms with Gasteiger partial charge in [-0.15, -0.1) is 0 Å². The van der Waals surface area contributed by atoms with Crippen LogP contribution < -0.4 is 0 Å². The number of allylic oxidation sites excluding steroid dienone is 2. The van der Waals surface area contributed by atoms with Gasteiger partial charge < -0.3 is 18.3 Å². The van der Waals surface area contributed by atoms with Crippen LogP contribution in [0.4, 0.5) is 0 Å². The van der Waals surface area contributed by atoms with Gasteiger partial charge in [0.1, 0.15) is 0 Å². The third kappa shape index (κ3) is 8.71.